The van der Waals surface area contributed by atoms with E-state index in [-0.39, 0.29) is 18.3 Å². The molecule has 0 saturated heterocycles. The topological polar surface area (TPSA) is 64.3 Å². The zero-order valence-corrected chi connectivity index (χ0v) is 10.5. The Morgan fingerprint density at radius 2 is 2.28 bits per heavy atom. The molecule has 0 radical (unpaired) electrons. The molecule has 0 spiro atoms. The van der Waals surface area contributed by atoms with Gasteiger partial charge in [0.05, 0.1) is 0 Å². The molecule has 1 rings (SSSR count). The monoisotopic (exact) mass is 254 g/mol. The second-order valence-corrected chi connectivity index (χ2v) is 3.86. The van der Waals surface area contributed by atoms with Gasteiger partial charge in [0.15, 0.2) is 0 Å². The fraction of sp³-hybridized carbons (Fsp3) is 0.462. The number of anilines is 1. The van der Waals surface area contributed by atoms with Crippen LogP contribution in [-0.4, -0.2) is 19.1 Å². The first-order valence-electron chi connectivity index (χ1n) is 6.03. The number of carbonyl (C=O) groups excluding carboxylic acids is 1. The number of ether oxygens (including phenoxy) is 1. The van der Waals surface area contributed by atoms with Crippen molar-refractivity contribution >= 4 is 11.6 Å². The van der Waals surface area contributed by atoms with Crippen molar-refractivity contribution in [3.63, 3.8) is 0 Å². The third-order valence-corrected chi connectivity index (χ3v) is 2.45. The Morgan fingerprint density at radius 1 is 1.50 bits per heavy atom. The molecule has 5 heteroatoms. The third kappa shape index (κ3) is 4.81. The van der Waals surface area contributed by atoms with E-state index < -0.39 is 0 Å². The summed E-state index contributed by atoms with van der Waals surface area (Å²) in [6.45, 7) is 3.24. The van der Waals surface area contributed by atoms with Gasteiger partial charge >= 0.3 is 0 Å². The average Bonchev–Trinajstić information content (AvgIpc) is 2.37. The minimum absolute atomic E-state index is 0.107. The summed E-state index contributed by atoms with van der Waals surface area (Å²) in [7, 11) is 0. The fourth-order valence-corrected chi connectivity index (χ4v) is 1.51. The molecule has 0 aromatic heterocycles. The van der Waals surface area contributed by atoms with Gasteiger partial charge in [-0.2, -0.15) is 0 Å². The van der Waals surface area contributed by atoms with Crippen molar-refractivity contribution in [1.29, 1.82) is 0 Å². The molecule has 0 aliphatic rings. The first-order chi connectivity index (χ1) is 8.67. The Morgan fingerprint density at radius 3 is 2.94 bits per heavy atom. The SMILES string of the molecule is CCOCCCC(=O)Nc1ccc(F)c(CN)c1. The highest BCUT2D eigenvalue weighted by atomic mass is 19.1. The van der Waals surface area contributed by atoms with Crippen molar-refractivity contribution in [2.75, 3.05) is 18.5 Å². The van der Waals surface area contributed by atoms with Crippen LogP contribution in [0.25, 0.3) is 0 Å². The highest BCUT2D eigenvalue weighted by molar-refractivity contribution is 5.90. The summed E-state index contributed by atoms with van der Waals surface area (Å²) in [6, 6.07) is 4.38. The highest BCUT2D eigenvalue weighted by Gasteiger charge is 2.05. The van der Waals surface area contributed by atoms with E-state index in [1.54, 1.807) is 6.07 Å². The van der Waals surface area contributed by atoms with Gasteiger partial charge in [-0.05, 0) is 31.5 Å². The Hall–Kier alpha value is -1.46. The molecule has 1 aromatic rings. The fourth-order valence-electron chi connectivity index (χ4n) is 1.51. The first kappa shape index (κ1) is 14.6. The van der Waals surface area contributed by atoms with Crippen molar-refractivity contribution in [3.8, 4) is 0 Å². The van der Waals surface area contributed by atoms with E-state index in [9.17, 15) is 9.18 Å². The lowest BCUT2D eigenvalue weighted by Crippen LogP contribution is -2.13. The molecule has 0 heterocycles. The molecule has 1 aromatic carbocycles. The zero-order valence-electron chi connectivity index (χ0n) is 10.5. The molecule has 0 bridgehead atoms. The molecule has 3 N–H and O–H groups in total. The molecule has 0 saturated carbocycles. The maximum Gasteiger partial charge on any atom is 0.224 e. The number of amides is 1. The molecular weight excluding hydrogens is 235 g/mol. The maximum atomic E-state index is 13.2. The highest BCUT2D eigenvalue weighted by Crippen LogP contribution is 2.14. The van der Waals surface area contributed by atoms with Crippen LogP contribution in [-0.2, 0) is 16.1 Å². The van der Waals surface area contributed by atoms with Crippen LogP contribution in [0.1, 0.15) is 25.3 Å². The quantitative estimate of drug-likeness (QED) is 0.732. The van der Waals surface area contributed by atoms with E-state index >= 15 is 0 Å². The van der Waals surface area contributed by atoms with Gasteiger partial charge in [0.1, 0.15) is 5.82 Å². The minimum Gasteiger partial charge on any atom is -0.382 e. The summed E-state index contributed by atoms with van der Waals surface area (Å²) in [5, 5.41) is 2.70. The maximum absolute atomic E-state index is 13.2. The Balaban J connectivity index is 2.44. The number of nitrogens with two attached hydrogens (primary N) is 1. The van der Waals surface area contributed by atoms with Crippen LogP contribution in [0.15, 0.2) is 18.2 Å². The van der Waals surface area contributed by atoms with E-state index in [0.717, 1.165) is 0 Å². The molecule has 1 amide bonds. The van der Waals surface area contributed by atoms with E-state index in [1.807, 2.05) is 6.92 Å². The van der Waals surface area contributed by atoms with Gasteiger partial charge in [-0.25, -0.2) is 4.39 Å². The predicted octanol–water partition coefficient (Wildman–Crippen LogP) is 2.04. The van der Waals surface area contributed by atoms with Crippen LogP contribution in [0.3, 0.4) is 0 Å². The average molecular weight is 254 g/mol. The molecular formula is C13H19FN2O2. The van der Waals surface area contributed by atoms with Crippen LogP contribution in [0.4, 0.5) is 10.1 Å². The van der Waals surface area contributed by atoms with Gasteiger partial charge in [0.25, 0.3) is 0 Å². The first-order valence-corrected chi connectivity index (χ1v) is 6.03. The van der Waals surface area contributed by atoms with Gasteiger partial charge in [-0.15, -0.1) is 0 Å². The van der Waals surface area contributed by atoms with Crippen molar-refractivity contribution in [2.24, 2.45) is 5.73 Å². The largest absolute Gasteiger partial charge is 0.382 e. The summed E-state index contributed by atoms with van der Waals surface area (Å²) in [5.74, 6) is -0.462. The van der Waals surface area contributed by atoms with Gasteiger partial charge in [-0.3, -0.25) is 4.79 Å². The van der Waals surface area contributed by atoms with E-state index in [2.05, 4.69) is 5.32 Å². The van der Waals surface area contributed by atoms with Crippen LogP contribution >= 0.6 is 0 Å². The van der Waals surface area contributed by atoms with Gasteiger partial charge in [0, 0.05) is 37.4 Å². The molecule has 0 aliphatic carbocycles. The number of carbonyl (C=O) groups is 1. The molecule has 100 valence electrons. The number of rotatable bonds is 7. The van der Waals surface area contributed by atoms with Crippen LogP contribution < -0.4 is 11.1 Å². The second kappa shape index (κ2) is 7.79. The number of nitrogens with one attached hydrogen (secondary N) is 1. The van der Waals surface area contributed by atoms with Gasteiger partial charge < -0.3 is 15.8 Å². The van der Waals surface area contributed by atoms with E-state index in [1.165, 1.54) is 12.1 Å². The van der Waals surface area contributed by atoms with E-state index in [4.69, 9.17) is 10.5 Å². The van der Waals surface area contributed by atoms with Crippen molar-refractivity contribution in [2.45, 2.75) is 26.3 Å². The lowest BCUT2D eigenvalue weighted by Gasteiger charge is -2.07. The molecule has 0 aliphatic heterocycles. The Bertz CT molecular complexity index is 397. The number of hydrogen-bond acceptors (Lipinski definition) is 3. The standard InChI is InChI=1S/C13H19FN2O2/c1-2-18-7-3-4-13(17)16-11-5-6-12(14)10(8-11)9-15/h5-6,8H,2-4,7,9,15H2,1H3,(H,16,17). The van der Waals surface area contributed by atoms with Gasteiger partial charge in [0.2, 0.25) is 5.91 Å². The second-order valence-electron chi connectivity index (χ2n) is 3.86. The normalized spacial score (nSPS) is 10.4. The zero-order chi connectivity index (χ0) is 13.4. The number of hydrogen-bond donors (Lipinski definition) is 2. The van der Waals surface area contributed by atoms with Crippen LogP contribution in [0, 0.1) is 5.82 Å². The van der Waals surface area contributed by atoms with Crippen LogP contribution in [0.2, 0.25) is 0 Å². The number of halogens is 1. The third-order valence-electron chi connectivity index (χ3n) is 2.45. The lowest BCUT2D eigenvalue weighted by atomic mass is 10.2. The predicted molar refractivity (Wildman–Crippen MR) is 68.6 cm³/mol. The summed E-state index contributed by atoms with van der Waals surface area (Å²) in [4.78, 5) is 11.6. The minimum atomic E-state index is -0.355. The number of benzene rings is 1. The van der Waals surface area contributed by atoms with Crippen molar-refractivity contribution in [1.82, 2.24) is 0 Å². The van der Waals surface area contributed by atoms with Crippen molar-refractivity contribution in [3.05, 3.63) is 29.6 Å². The summed E-state index contributed by atoms with van der Waals surface area (Å²) >= 11 is 0. The molecule has 0 atom stereocenters. The van der Waals surface area contributed by atoms with Crippen LogP contribution in [0.5, 0.6) is 0 Å². The van der Waals surface area contributed by atoms with Crippen molar-refractivity contribution < 1.29 is 13.9 Å². The summed E-state index contributed by atoms with van der Waals surface area (Å²) in [6.07, 6.45) is 1.06. The van der Waals surface area contributed by atoms with E-state index in [0.29, 0.717) is 37.3 Å². The van der Waals surface area contributed by atoms with Gasteiger partial charge in [-0.1, -0.05) is 0 Å². The Labute approximate surface area is 106 Å². The Kier molecular flexibility index (Phi) is 6.32. The molecule has 0 fully saturated rings. The molecule has 0 unspecified atom stereocenters. The summed E-state index contributed by atoms with van der Waals surface area (Å²) in [5.41, 5.74) is 6.35. The smallest absolute Gasteiger partial charge is 0.224 e. The lowest BCUT2D eigenvalue weighted by molar-refractivity contribution is -0.116. The summed E-state index contributed by atoms with van der Waals surface area (Å²) < 4.78 is 18.3. The molecule has 4 nitrogen and oxygen atoms in total. The molecule has 18 heavy (non-hydrogen) atoms.